The molecule has 0 amide bonds. The molecule has 2 aromatic rings. The molecule has 0 aliphatic carbocycles. The Morgan fingerprint density at radius 3 is 2.27 bits per heavy atom. The van der Waals surface area contributed by atoms with Gasteiger partial charge in [0.05, 0.1) is 12.2 Å². The molecule has 0 saturated carbocycles. The molecule has 5 nitrogen and oxygen atoms in total. The summed E-state index contributed by atoms with van der Waals surface area (Å²) < 4.78 is 28.6. The summed E-state index contributed by atoms with van der Waals surface area (Å²) >= 11 is 3.38. The molecule has 2 rings (SSSR count). The molecule has 0 fully saturated rings. The highest BCUT2D eigenvalue weighted by atomic mass is 79.9. The number of hydrogen-bond acceptors (Lipinski definition) is 3. The number of nitrogens with zero attached hydrogens (tertiary/aromatic N) is 3. The Balaban J connectivity index is 2.27. The molecule has 0 spiro atoms. The van der Waals surface area contributed by atoms with E-state index < -0.39 is 10.2 Å². The fourth-order valence-corrected chi connectivity index (χ4v) is 3.25. The van der Waals surface area contributed by atoms with Gasteiger partial charge in [-0.1, -0.05) is 34.1 Å². The highest BCUT2D eigenvalue weighted by Crippen LogP contribution is 2.17. The lowest BCUT2D eigenvalue weighted by atomic mass is 10.2. The van der Waals surface area contributed by atoms with Crippen LogP contribution in [-0.4, -0.2) is 36.1 Å². The van der Waals surface area contributed by atoms with Crippen LogP contribution in [0.1, 0.15) is 11.3 Å². The van der Waals surface area contributed by atoms with E-state index in [2.05, 4.69) is 20.9 Å². The van der Waals surface area contributed by atoms with Gasteiger partial charge in [0.25, 0.3) is 10.2 Å². The van der Waals surface area contributed by atoms with Crippen LogP contribution in [-0.2, 0) is 23.3 Å². The fraction of sp³-hybridized carbons (Fsp3) is 0.267. The standard InChI is InChI=1S/C15H18BrN3O2S/c1-18(2)22(20,21)19(12-15-5-3-4-10-17-15)11-13-6-8-14(16)9-7-13/h3-10H,11-12H2,1-2H3. The van der Waals surface area contributed by atoms with Gasteiger partial charge in [-0.25, -0.2) is 0 Å². The first kappa shape index (κ1) is 17.1. The van der Waals surface area contributed by atoms with E-state index in [0.29, 0.717) is 12.2 Å². The van der Waals surface area contributed by atoms with Crippen LogP contribution < -0.4 is 0 Å². The van der Waals surface area contributed by atoms with Crippen molar-refractivity contribution in [1.29, 1.82) is 0 Å². The number of halogens is 1. The van der Waals surface area contributed by atoms with Crippen LogP contribution in [0.25, 0.3) is 0 Å². The molecule has 22 heavy (non-hydrogen) atoms. The third kappa shape index (κ3) is 4.36. The molecular weight excluding hydrogens is 366 g/mol. The molecule has 0 saturated heterocycles. The monoisotopic (exact) mass is 383 g/mol. The topological polar surface area (TPSA) is 53.5 Å². The van der Waals surface area contributed by atoms with E-state index in [4.69, 9.17) is 0 Å². The molecule has 118 valence electrons. The van der Waals surface area contributed by atoms with Crippen LogP contribution in [0, 0.1) is 0 Å². The van der Waals surface area contributed by atoms with Crippen molar-refractivity contribution in [2.24, 2.45) is 0 Å². The molecule has 1 heterocycles. The van der Waals surface area contributed by atoms with Gasteiger partial charge >= 0.3 is 0 Å². The molecule has 0 bridgehead atoms. The smallest absolute Gasteiger partial charge is 0.260 e. The first-order valence-electron chi connectivity index (χ1n) is 6.71. The van der Waals surface area contributed by atoms with Crippen LogP contribution in [0.15, 0.2) is 53.1 Å². The Labute approximate surface area is 139 Å². The van der Waals surface area contributed by atoms with Gasteiger partial charge < -0.3 is 0 Å². The highest BCUT2D eigenvalue weighted by Gasteiger charge is 2.25. The van der Waals surface area contributed by atoms with Crippen LogP contribution >= 0.6 is 15.9 Å². The Morgan fingerprint density at radius 2 is 1.73 bits per heavy atom. The zero-order valence-electron chi connectivity index (χ0n) is 12.5. The number of rotatable bonds is 6. The second kappa shape index (κ2) is 7.32. The summed E-state index contributed by atoms with van der Waals surface area (Å²) in [5.41, 5.74) is 1.63. The maximum atomic E-state index is 12.5. The van der Waals surface area contributed by atoms with Gasteiger partial charge in [0.2, 0.25) is 0 Å². The number of aromatic nitrogens is 1. The SMILES string of the molecule is CN(C)S(=O)(=O)N(Cc1ccc(Br)cc1)Cc1ccccn1. The van der Waals surface area contributed by atoms with E-state index >= 15 is 0 Å². The van der Waals surface area contributed by atoms with Crippen LogP contribution in [0.3, 0.4) is 0 Å². The second-order valence-electron chi connectivity index (χ2n) is 5.01. The molecule has 0 unspecified atom stereocenters. The van der Waals surface area contributed by atoms with Gasteiger partial charge in [-0.2, -0.15) is 17.0 Å². The predicted octanol–water partition coefficient (Wildman–Crippen LogP) is 2.65. The molecule has 0 radical (unpaired) electrons. The van der Waals surface area contributed by atoms with Crippen LogP contribution in [0.2, 0.25) is 0 Å². The van der Waals surface area contributed by atoms with E-state index in [0.717, 1.165) is 10.0 Å². The van der Waals surface area contributed by atoms with Gasteiger partial charge in [0, 0.05) is 31.3 Å². The van der Waals surface area contributed by atoms with Crippen molar-refractivity contribution < 1.29 is 8.42 Å². The van der Waals surface area contributed by atoms with Crippen molar-refractivity contribution in [3.8, 4) is 0 Å². The van der Waals surface area contributed by atoms with E-state index in [1.54, 1.807) is 6.20 Å². The molecule has 0 aliphatic rings. The summed E-state index contributed by atoms with van der Waals surface area (Å²) in [6.45, 7) is 0.530. The molecule has 0 N–H and O–H groups in total. The van der Waals surface area contributed by atoms with Gasteiger partial charge in [-0.15, -0.1) is 0 Å². The minimum absolute atomic E-state index is 0.234. The third-order valence-corrected chi connectivity index (χ3v) is 5.49. The molecule has 0 aliphatic heterocycles. The number of pyridine rings is 1. The molecule has 0 atom stereocenters. The molecule has 1 aromatic carbocycles. The van der Waals surface area contributed by atoms with Gasteiger partial charge in [0.15, 0.2) is 0 Å². The molecular formula is C15H18BrN3O2S. The van der Waals surface area contributed by atoms with Crippen molar-refractivity contribution in [2.45, 2.75) is 13.1 Å². The van der Waals surface area contributed by atoms with Crippen LogP contribution in [0.5, 0.6) is 0 Å². The Bertz CT molecular complexity index is 703. The quantitative estimate of drug-likeness (QED) is 0.770. The lowest BCUT2D eigenvalue weighted by molar-refractivity contribution is 0.362. The number of benzene rings is 1. The predicted molar refractivity (Wildman–Crippen MR) is 90.2 cm³/mol. The lowest BCUT2D eigenvalue weighted by Gasteiger charge is -2.25. The van der Waals surface area contributed by atoms with Gasteiger partial charge in [-0.05, 0) is 29.8 Å². The van der Waals surface area contributed by atoms with Crippen LogP contribution in [0.4, 0.5) is 0 Å². The van der Waals surface area contributed by atoms with Crippen molar-refractivity contribution in [3.63, 3.8) is 0 Å². The van der Waals surface area contributed by atoms with E-state index in [1.165, 1.54) is 22.7 Å². The minimum Gasteiger partial charge on any atom is -0.260 e. The summed E-state index contributed by atoms with van der Waals surface area (Å²) in [6, 6.07) is 13.1. The normalized spacial score (nSPS) is 12.0. The Kier molecular flexibility index (Phi) is 5.69. The van der Waals surface area contributed by atoms with Crippen molar-refractivity contribution in [3.05, 3.63) is 64.4 Å². The summed E-state index contributed by atoms with van der Waals surface area (Å²) in [4.78, 5) is 4.21. The molecule has 1 aromatic heterocycles. The van der Waals surface area contributed by atoms with Gasteiger partial charge in [0.1, 0.15) is 0 Å². The maximum Gasteiger partial charge on any atom is 0.282 e. The Hall–Kier alpha value is -1.28. The first-order chi connectivity index (χ1) is 10.4. The second-order valence-corrected chi connectivity index (χ2v) is 8.06. The van der Waals surface area contributed by atoms with Crippen molar-refractivity contribution in [2.75, 3.05) is 14.1 Å². The summed E-state index contributed by atoms with van der Waals surface area (Å²) in [5, 5.41) is 0. The minimum atomic E-state index is -3.53. The zero-order chi connectivity index (χ0) is 16.2. The van der Waals surface area contributed by atoms with E-state index in [-0.39, 0.29) is 6.54 Å². The lowest BCUT2D eigenvalue weighted by Crippen LogP contribution is -2.39. The van der Waals surface area contributed by atoms with E-state index in [1.807, 2.05) is 42.5 Å². The third-order valence-electron chi connectivity index (χ3n) is 3.12. The average molecular weight is 384 g/mol. The molecule has 7 heteroatoms. The average Bonchev–Trinajstić information content (AvgIpc) is 2.49. The summed E-state index contributed by atoms with van der Waals surface area (Å²) in [6.07, 6.45) is 1.66. The largest absolute Gasteiger partial charge is 0.282 e. The van der Waals surface area contributed by atoms with E-state index in [9.17, 15) is 8.42 Å². The van der Waals surface area contributed by atoms with Crippen molar-refractivity contribution >= 4 is 26.1 Å². The summed E-state index contributed by atoms with van der Waals surface area (Å²) in [5.74, 6) is 0. The first-order valence-corrected chi connectivity index (χ1v) is 8.90. The maximum absolute atomic E-state index is 12.5. The fourth-order valence-electron chi connectivity index (χ4n) is 1.92. The highest BCUT2D eigenvalue weighted by molar-refractivity contribution is 9.10. The summed E-state index contributed by atoms with van der Waals surface area (Å²) in [7, 11) is -0.470. The number of hydrogen-bond donors (Lipinski definition) is 0. The van der Waals surface area contributed by atoms with Gasteiger partial charge in [-0.3, -0.25) is 4.98 Å². The Morgan fingerprint density at radius 1 is 1.05 bits per heavy atom. The zero-order valence-corrected chi connectivity index (χ0v) is 14.9. The van der Waals surface area contributed by atoms with Crippen molar-refractivity contribution in [1.82, 2.24) is 13.6 Å².